The highest BCUT2D eigenvalue weighted by Gasteiger charge is 2.24. The summed E-state index contributed by atoms with van der Waals surface area (Å²) in [4.78, 5) is 14.5. The molecule has 0 saturated carbocycles. The Morgan fingerprint density at radius 1 is 1.15 bits per heavy atom. The maximum absolute atomic E-state index is 12.5. The van der Waals surface area contributed by atoms with E-state index in [1.54, 1.807) is 0 Å². The van der Waals surface area contributed by atoms with E-state index in [1.807, 2.05) is 4.90 Å². The van der Waals surface area contributed by atoms with Gasteiger partial charge in [0.2, 0.25) is 5.91 Å². The van der Waals surface area contributed by atoms with E-state index in [1.165, 1.54) is 32.1 Å². The molecule has 0 aromatic carbocycles. The number of rotatable bonds is 10. The molecule has 0 aromatic rings. The number of carbonyl (C=O) groups excluding carboxylic acids is 1. The van der Waals surface area contributed by atoms with Crippen LogP contribution in [0.1, 0.15) is 64.7 Å². The monoisotopic (exact) mass is 284 g/mol. The lowest BCUT2D eigenvalue weighted by molar-refractivity contribution is -0.134. The standard InChI is InChI=1S/C16H32N2O2/c1-2-3-4-5-8-12-18(13-9-14-19)16(20)15-10-6-7-11-17-15/h15,17,19H,2-14H2,1H3. The fraction of sp³-hybridized carbons (Fsp3) is 0.938. The van der Waals surface area contributed by atoms with Gasteiger partial charge in [-0.25, -0.2) is 0 Å². The Morgan fingerprint density at radius 2 is 1.90 bits per heavy atom. The molecule has 118 valence electrons. The maximum Gasteiger partial charge on any atom is 0.239 e. The second-order valence-electron chi connectivity index (χ2n) is 5.82. The Kier molecular flexibility index (Phi) is 9.67. The largest absolute Gasteiger partial charge is 0.396 e. The first-order valence-electron chi connectivity index (χ1n) is 8.42. The first-order chi connectivity index (χ1) is 9.79. The molecule has 1 heterocycles. The summed E-state index contributed by atoms with van der Waals surface area (Å²) in [5.74, 6) is 0.244. The minimum atomic E-state index is 0.0121. The highest BCUT2D eigenvalue weighted by molar-refractivity contribution is 5.82. The average molecular weight is 284 g/mol. The number of nitrogens with zero attached hydrogens (tertiary/aromatic N) is 1. The van der Waals surface area contributed by atoms with Gasteiger partial charge in [0.05, 0.1) is 6.04 Å². The third-order valence-electron chi connectivity index (χ3n) is 4.04. The van der Waals surface area contributed by atoms with Gasteiger partial charge in [0.1, 0.15) is 0 Å². The Bertz CT molecular complexity index is 253. The maximum atomic E-state index is 12.5. The summed E-state index contributed by atoms with van der Waals surface area (Å²) in [6.45, 7) is 4.88. The summed E-state index contributed by atoms with van der Waals surface area (Å²) in [6, 6.07) is 0.0121. The van der Waals surface area contributed by atoms with Gasteiger partial charge in [0.25, 0.3) is 0 Å². The summed E-state index contributed by atoms with van der Waals surface area (Å²) in [5, 5.41) is 12.3. The number of hydrogen-bond donors (Lipinski definition) is 2. The molecule has 20 heavy (non-hydrogen) atoms. The quantitative estimate of drug-likeness (QED) is 0.605. The fourth-order valence-electron chi connectivity index (χ4n) is 2.78. The molecule has 0 aromatic heterocycles. The third-order valence-corrected chi connectivity index (χ3v) is 4.04. The number of aliphatic hydroxyl groups excluding tert-OH is 1. The zero-order valence-electron chi connectivity index (χ0n) is 13.1. The molecule has 0 spiro atoms. The van der Waals surface area contributed by atoms with E-state index in [2.05, 4.69) is 12.2 Å². The molecule has 1 fully saturated rings. The number of amides is 1. The van der Waals surface area contributed by atoms with E-state index in [-0.39, 0.29) is 18.6 Å². The van der Waals surface area contributed by atoms with Gasteiger partial charge in [-0.05, 0) is 32.2 Å². The molecule has 4 heteroatoms. The lowest BCUT2D eigenvalue weighted by atomic mass is 10.0. The van der Waals surface area contributed by atoms with Crippen LogP contribution in [0.15, 0.2) is 0 Å². The molecular formula is C16H32N2O2. The smallest absolute Gasteiger partial charge is 0.239 e. The Balaban J connectivity index is 2.34. The SMILES string of the molecule is CCCCCCCN(CCCO)C(=O)C1CCCCN1. The van der Waals surface area contributed by atoms with Crippen LogP contribution in [-0.2, 0) is 4.79 Å². The van der Waals surface area contributed by atoms with E-state index in [0.29, 0.717) is 13.0 Å². The number of hydrogen-bond acceptors (Lipinski definition) is 3. The number of piperidine rings is 1. The molecule has 0 radical (unpaired) electrons. The molecule has 1 aliphatic rings. The van der Waals surface area contributed by atoms with Crippen molar-refractivity contribution >= 4 is 5.91 Å². The van der Waals surface area contributed by atoms with Gasteiger partial charge in [0, 0.05) is 19.7 Å². The van der Waals surface area contributed by atoms with Crippen LogP contribution in [-0.4, -0.2) is 48.2 Å². The van der Waals surface area contributed by atoms with Crippen molar-refractivity contribution in [1.82, 2.24) is 10.2 Å². The summed E-state index contributed by atoms with van der Waals surface area (Å²) in [5.41, 5.74) is 0. The predicted octanol–water partition coefficient (Wildman–Crippen LogP) is 2.31. The van der Waals surface area contributed by atoms with Gasteiger partial charge < -0.3 is 15.3 Å². The van der Waals surface area contributed by atoms with Crippen LogP contribution in [0.3, 0.4) is 0 Å². The Labute approximate surface area is 123 Å². The van der Waals surface area contributed by atoms with Gasteiger partial charge in [-0.1, -0.05) is 39.0 Å². The molecule has 0 bridgehead atoms. The molecule has 1 aliphatic heterocycles. The average Bonchev–Trinajstić information content (AvgIpc) is 2.50. The molecule has 1 atom stereocenters. The van der Waals surface area contributed by atoms with Crippen molar-refractivity contribution in [3.63, 3.8) is 0 Å². The number of nitrogens with one attached hydrogen (secondary N) is 1. The van der Waals surface area contributed by atoms with Gasteiger partial charge >= 0.3 is 0 Å². The van der Waals surface area contributed by atoms with Crippen LogP contribution in [0.25, 0.3) is 0 Å². The third kappa shape index (κ3) is 6.71. The highest BCUT2D eigenvalue weighted by Crippen LogP contribution is 2.12. The number of unbranched alkanes of at least 4 members (excludes halogenated alkanes) is 4. The molecule has 1 saturated heterocycles. The van der Waals surface area contributed by atoms with Crippen LogP contribution in [0.5, 0.6) is 0 Å². The van der Waals surface area contributed by atoms with Crippen LogP contribution in [0, 0.1) is 0 Å². The molecular weight excluding hydrogens is 252 g/mol. The molecule has 1 rings (SSSR count). The molecule has 2 N–H and O–H groups in total. The summed E-state index contributed by atoms with van der Waals surface area (Å²) in [6.07, 6.45) is 10.1. The normalized spacial score (nSPS) is 19.0. The van der Waals surface area contributed by atoms with Crippen LogP contribution in [0.4, 0.5) is 0 Å². The van der Waals surface area contributed by atoms with E-state index in [0.717, 1.165) is 32.4 Å². The minimum absolute atomic E-state index is 0.0121. The Morgan fingerprint density at radius 3 is 2.55 bits per heavy atom. The first-order valence-corrected chi connectivity index (χ1v) is 8.42. The lowest BCUT2D eigenvalue weighted by Gasteiger charge is -2.30. The Hall–Kier alpha value is -0.610. The van der Waals surface area contributed by atoms with Crippen molar-refractivity contribution in [2.24, 2.45) is 0 Å². The van der Waals surface area contributed by atoms with E-state index >= 15 is 0 Å². The summed E-state index contributed by atoms with van der Waals surface area (Å²) >= 11 is 0. The van der Waals surface area contributed by atoms with Crippen molar-refractivity contribution in [1.29, 1.82) is 0 Å². The molecule has 1 amide bonds. The predicted molar refractivity (Wildman–Crippen MR) is 82.7 cm³/mol. The van der Waals surface area contributed by atoms with E-state index in [4.69, 9.17) is 5.11 Å². The lowest BCUT2D eigenvalue weighted by Crippen LogP contribution is -2.49. The van der Waals surface area contributed by atoms with Crippen molar-refractivity contribution < 1.29 is 9.90 Å². The first kappa shape index (κ1) is 17.4. The molecule has 4 nitrogen and oxygen atoms in total. The number of aliphatic hydroxyl groups is 1. The van der Waals surface area contributed by atoms with Gasteiger partial charge in [-0.3, -0.25) is 4.79 Å². The minimum Gasteiger partial charge on any atom is -0.396 e. The van der Waals surface area contributed by atoms with Gasteiger partial charge in [0.15, 0.2) is 0 Å². The van der Waals surface area contributed by atoms with Crippen molar-refractivity contribution in [3.8, 4) is 0 Å². The second-order valence-corrected chi connectivity index (χ2v) is 5.82. The highest BCUT2D eigenvalue weighted by atomic mass is 16.3. The number of carbonyl (C=O) groups is 1. The summed E-state index contributed by atoms with van der Waals surface area (Å²) in [7, 11) is 0. The zero-order chi connectivity index (χ0) is 14.6. The van der Waals surface area contributed by atoms with Crippen LogP contribution >= 0.6 is 0 Å². The topological polar surface area (TPSA) is 52.6 Å². The van der Waals surface area contributed by atoms with E-state index in [9.17, 15) is 4.79 Å². The molecule has 1 unspecified atom stereocenters. The van der Waals surface area contributed by atoms with Gasteiger partial charge in [-0.15, -0.1) is 0 Å². The summed E-state index contributed by atoms with van der Waals surface area (Å²) < 4.78 is 0. The van der Waals surface area contributed by atoms with Crippen LogP contribution in [0.2, 0.25) is 0 Å². The van der Waals surface area contributed by atoms with Gasteiger partial charge in [-0.2, -0.15) is 0 Å². The van der Waals surface area contributed by atoms with Crippen molar-refractivity contribution in [3.05, 3.63) is 0 Å². The fourth-order valence-corrected chi connectivity index (χ4v) is 2.78. The van der Waals surface area contributed by atoms with Crippen molar-refractivity contribution in [2.45, 2.75) is 70.8 Å². The van der Waals surface area contributed by atoms with E-state index < -0.39 is 0 Å². The zero-order valence-corrected chi connectivity index (χ0v) is 13.1. The van der Waals surface area contributed by atoms with Crippen LogP contribution < -0.4 is 5.32 Å². The molecule has 0 aliphatic carbocycles. The van der Waals surface area contributed by atoms with Crippen molar-refractivity contribution in [2.75, 3.05) is 26.2 Å². The second kappa shape index (κ2) is 11.1.